The van der Waals surface area contributed by atoms with E-state index in [1.807, 2.05) is 30.3 Å². The summed E-state index contributed by atoms with van der Waals surface area (Å²) in [7, 11) is 1.58. The summed E-state index contributed by atoms with van der Waals surface area (Å²) >= 11 is 0. The minimum Gasteiger partial charge on any atom is -0.446 e. The van der Waals surface area contributed by atoms with Crippen molar-refractivity contribution in [1.29, 1.82) is 5.26 Å². The molecule has 2 saturated heterocycles. The van der Waals surface area contributed by atoms with Crippen molar-refractivity contribution in [2.75, 3.05) is 51.2 Å². The van der Waals surface area contributed by atoms with Crippen molar-refractivity contribution < 1.29 is 13.9 Å². The van der Waals surface area contributed by atoms with Crippen LogP contribution in [0.2, 0.25) is 0 Å². The van der Waals surface area contributed by atoms with Gasteiger partial charge in [-0.25, -0.2) is 9.18 Å². The average Bonchev–Trinajstić information content (AvgIpc) is 3.40. The first-order chi connectivity index (χ1) is 19.0. The van der Waals surface area contributed by atoms with Crippen molar-refractivity contribution in [3.63, 3.8) is 0 Å². The van der Waals surface area contributed by atoms with Crippen molar-refractivity contribution in [3.05, 3.63) is 65.5 Å². The molecular weight excluding hydrogens is 493 g/mol. The molecule has 2 aromatic rings. The Hall–Kier alpha value is -3.15. The highest BCUT2D eigenvalue weighted by molar-refractivity contribution is 5.67. The Morgan fingerprint density at radius 2 is 1.90 bits per heavy atom. The predicted octanol–water partition coefficient (Wildman–Crippen LogP) is 4.27. The zero-order valence-corrected chi connectivity index (χ0v) is 22.8. The summed E-state index contributed by atoms with van der Waals surface area (Å²) in [5.74, 6) is 0.725. The van der Waals surface area contributed by atoms with E-state index >= 15 is 0 Å². The Bertz CT molecular complexity index is 1170. The second kappa shape index (κ2) is 11.9. The van der Waals surface area contributed by atoms with Gasteiger partial charge in [-0.15, -0.1) is 0 Å². The van der Waals surface area contributed by atoms with Gasteiger partial charge in [0.2, 0.25) is 0 Å². The van der Waals surface area contributed by atoms with E-state index in [9.17, 15) is 9.18 Å². The SMILES string of the molecule is CNC(=O)O[C@H]1CCC[C@@H]1[C@](CN)(c1cccc(F)c1)C1CCN(CC2CN(c3ccc(C#N)cc3)C2)CC1. The van der Waals surface area contributed by atoms with Crippen LogP contribution in [0.1, 0.15) is 43.2 Å². The largest absolute Gasteiger partial charge is 0.446 e. The maximum atomic E-state index is 14.5. The summed E-state index contributed by atoms with van der Waals surface area (Å²) < 4.78 is 20.4. The molecule has 2 aliphatic heterocycles. The van der Waals surface area contributed by atoms with Crippen LogP contribution < -0.4 is 16.0 Å². The molecule has 208 valence electrons. The van der Waals surface area contributed by atoms with Gasteiger partial charge in [0.1, 0.15) is 11.9 Å². The monoisotopic (exact) mass is 533 g/mol. The van der Waals surface area contributed by atoms with Crippen LogP contribution in [-0.2, 0) is 10.2 Å². The Balaban J connectivity index is 1.26. The number of carbonyl (C=O) groups is 1. The molecule has 39 heavy (non-hydrogen) atoms. The summed E-state index contributed by atoms with van der Waals surface area (Å²) in [6, 6.07) is 16.9. The fraction of sp³-hybridized carbons (Fsp3) is 0.548. The molecular formula is C31H40FN5O2. The number of anilines is 1. The van der Waals surface area contributed by atoms with E-state index in [1.54, 1.807) is 19.2 Å². The molecule has 8 heteroatoms. The first-order valence-corrected chi connectivity index (χ1v) is 14.3. The van der Waals surface area contributed by atoms with Gasteiger partial charge in [-0.3, -0.25) is 0 Å². The first-order valence-electron chi connectivity index (χ1n) is 14.3. The number of nitrogens with two attached hydrogens (primary N) is 1. The van der Waals surface area contributed by atoms with Gasteiger partial charge in [0.25, 0.3) is 0 Å². The standard InChI is InChI=1S/C31H40FN5O2/c1-35-30(38)39-29-7-3-6-28(29)31(21-34,25-4-2-5-26(32)16-25)24-12-14-36(15-13-24)18-23-19-37(20-23)27-10-8-22(17-33)9-11-27/h2,4-5,8-11,16,23-24,28-29H,3,6-7,12-15,18-21,34H2,1H3,(H,35,38)/t28-,29-,31-/m0/s1. The molecule has 0 unspecified atom stereocenters. The number of alkyl carbamates (subject to hydrolysis) is 1. The quantitative estimate of drug-likeness (QED) is 0.527. The topological polar surface area (TPSA) is 94.6 Å². The van der Waals surface area contributed by atoms with Crippen LogP contribution in [0.4, 0.5) is 14.9 Å². The van der Waals surface area contributed by atoms with Crippen molar-refractivity contribution in [2.24, 2.45) is 23.5 Å². The smallest absolute Gasteiger partial charge is 0.407 e. The van der Waals surface area contributed by atoms with Gasteiger partial charge in [0, 0.05) is 56.2 Å². The number of likely N-dealkylation sites (tertiary alicyclic amines) is 1. The van der Waals surface area contributed by atoms with E-state index in [0.717, 1.165) is 70.4 Å². The lowest BCUT2D eigenvalue weighted by Gasteiger charge is -2.50. The third-order valence-corrected chi connectivity index (χ3v) is 9.43. The van der Waals surface area contributed by atoms with E-state index in [0.29, 0.717) is 18.0 Å². The van der Waals surface area contributed by atoms with Crippen LogP contribution >= 0.6 is 0 Å². The van der Waals surface area contributed by atoms with E-state index in [4.69, 9.17) is 15.7 Å². The number of nitrogens with one attached hydrogen (secondary N) is 1. The molecule has 0 bridgehead atoms. The van der Waals surface area contributed by atoms with Crippen molar-refractivity contribution in [3.8, 4) is 6.07 Å². The van der Waals surface area contributed by atoms with Crippen LogP contribution in [0, 0.1) is 34.9 Å². The van der Waals surface area contributed by atoms with E-state index in [2.05, 4.69) is 21.2 Å². The molecule has 1 amide bonds. The van der Waals surface area contributed by atoms with Crippen LogP contribution in [0.3, 0.4) is 0 Å². The highest BCUT2D eigenvalue weighted by Crippen LogP contribution is 2.50. The molecule has 0 spiro atoms. The van der Waals surface area contributed by atoms with Gasteiger partial charge in [-0.05, 0) is 93.1 Å². The molecule has 7 nitrogen and oxygen atoms in total. The number of rotatable bonds is 8. The third kappa shape index (κ3) is 5.61. The van der Waals surface area contributed by atoms with Gasteiger partial charge in [0.15, 0.2) is 0 Å². The van der Waals surface area contributed by atoms with Crippen molar-refractivity contribution >= 4 is 11.8 Å². The minimum absolute atomic E-state index is 0.0609. The Labute approximate surface area is 231 Å². The number of nitriles is 1. The lowest BCUT2D eigenvalue weighted by molar-refractivity contribution is 0.0132. The normalized spacial score (nSPS) is 24.0. The molecule has 2 aromatic carbocycles. The van der Waals surface area contributed by atoms with Crippen LogP contribution in [0.5, 0.6) is 0 Å². The Kier molecular flexibility index (Phi) is 8.39. The summed E-state index contributed by atoms with van der Waals surface area (Å²) in [4.78, 5) is 17.1. The zero-order chi connectivity index (χ0) is 27.4. The molecule has 5 rings (SSSR count). The van der Waals surface area contributed by atoms with Crippen LogP contribution in [-0.4, -0.2) is 63.4 Å². The van der Waals surface area contributed by atoms with E-state index in [-0.39, 0.29) is 23.8 Å². The van der Waals surface area contributed by atoms with Crippen LogP contribution in [0.15, 0.2) is 48.5 Å². The maximum Gasteiger partial charge on any atom is 0.407 e. The first kappa shape index (κ1) is 27.4. The van der Waals surface area contributed by atoms with Gasteiger partial charge in [-0.2, -0.15) is 5.26 Å². The number of halogens is 1. The zero-order valence-electron chi connectivity index (χ0n) is 22.8. The number of hydrogen-bond donors (Lipinski definition) is 2. The lowest BCUT2D eigenvalue weighted by atomic mass is 9.58. The number of nitrogens with zero attached hydrogens (tertiary/aromatic N) is 3. The number of hydrogen-bond acceptors (Lipinski definition) is 6. The number of piperidine rings is 1. The molecule has 3 N–H and O–H groups in total. The summed E-state index contributed by atoms with van der Waals surface area (Å²) in [6.45, 7) is 5.51. The van der Waals surface area contributed by atoms with Crippen molar-refractivity contribution in [1.82, 2.24) is 10.2 Å². The molecule has 0 radical (unpaired) electrons. The number of carbonyl (C=O) groups excluding carboxylic acids is 1. The fourth-order valence-electron chi connectivity index (χ4n) is 7.46. The fourth-order valence-corrected chi connectivity index (χ4v) is 7.46. The second-order valence-electron chi connectivity index (χ2n) is 11.5. The summed E-state index contributed by atoms with van der Waals surface area (Å²) in [5, 5.41) is 11.6. The predicted molar refractivity (Wildman–Crippen MR) is 150 cm³/mol. The molecule has 2 heterocycles. The molecule has 3 atom stereocenters. The number of benzene rings is 2. The number of ether oxygens (including phenoxy) is 1. The highest BCUT2D eigenvalue weighted by Gasteiger charge is 2.52. The molecule has 0 aromatic heterocycles. The maximum absolute atomic E-state index is 14.5. The number of amides is 1. The van der Waals surface area contributed by atoms with Crippen molar-refractivity contribution in [2.45, 2.75) is 43.6 Å². The third-order valence-electron chi connectivity index (χ3n) is 9.43. The average molecular weight is 534 g/mol. The Morgan fingerprint density at radius 3 is 2.54 bits per heavy atom. The summed E-state index contributed by atoms with van der Waals surface area (Å²) in [6.07, 6.45) is 4.04. The van der Waals surface area contributed by atoms with E-state index < -0.39 is 11.5 Å². The lowest BCUT2D eigenvalue weighted by Crippen LogP contribution is -2.56. The van der Waals surface area contributed by atoms with Gasteiger partial charge < -0.3 is 25.6 Å². The summed E-state index contributed by atoms with van der Waals surface area (Å²) in [5.41, 5.74) is 9.02. The molecule has 1 saturated carbocycles. The highest BCUT2D eigenvalue weighted by atomic mass is 19.1. The van der Waals surface area contributed by atoms with E-state index in [1.165, 1.54) is 11.8 Å². The van der Waals surface area contributed by atoms with Crippen LogP contribution in [0.25, 0.3) is 0 Å². The van der Waals surface area contributed by atoms with Gasteiger partial charge in [-0.1, -0.05) is 12.1 Å². The molecule has 3 aliphatic rings. The second-order valence-corrected chi connectivity index (χ2v) is 11.5. The molecule has 1 aliphatic carbocycles. The van der Waals surface area contributed by atoms with Gasteiger partial charge in [0.05, 0.1) is 11.6 Å². The Morgan fingerprint density at radius 1 is 1.15 bits per heavy atom. The van der Waals surface area contributed by atoms with Gasteiger partial charge >= 0.3 is 6.09 Å². The molecule has 3 fully saturated rings. The minimum atomic E-state index is -0.438.